The minimum Gasteiger partial charge on any atom is -0.462 e. The van der Waals surface area contributed by atoms with Gasteiger partial charge in [0.2, 0.25) is 0 Å². The molecule has 578 valence electrons. The van der Waals surface area contributed by atoms with Crippen LogP contribution < -0.4 is 0 Å². The van der Waals surface area contributed by atoms with Crippen LogP contribution in [0.5, 0.6) is 0 Å². The van der Waals surface area contributed by atoms with Crippen LogP contribution in [0, 0.1) is 17.8 Å². The Morgan fingerprint density at radius 3 is 0.827 bits per heavy atom. The maximum atomic E-state index is 13.1. The zero-order valence-electron chi connectivity index (χ0n) is 63.7. The molecule has 19 heteroatoms. The van der Waals surface area contributed by atoms with Crippen molar-refractivity contribution in [2.75, 3.05) is 39.6 Å². The molecule has 0 aromatic rings. The van der Waals surface area contributed by atoms with Crippen LogP contribution in [0.25, 0.3) is 0 Å². The largest absolute Gasteiger partial charge is 0.472 e. The number of ether oxygens (including phenoxy) is 4. The number of phosphoric ester groups is 2. The van der Waals surface area contributed by atoms with Crippen molar-refractivity contribution in [2.24, 2.45) is 17.8 Å². The summed E-state index contributed by atoms with van der Waals surface area (Å²) < 4.78 is 68.6. The second-order valence-electron chi connectivity index (χ2n) is 29.2. The predicted octanol–water partition coefficient (Wildman–Crippen LogP) is 22.9. The fraction of sp³-hybridized carbons (Fsp3) is 0.899. The minimum absolute atomic E-state index is 0.0997. The normalized spacial score (nSPS) is 14.2. The summed E-state index contributed by atoms with van der Waals surface area (Å²) in [6, 6.07) is 0. The summed E-state index contributed by atoms with van der Waals surface area (Å²) in [6.07, 6.45) is 59.2. The van der Waals surface area contributed by atoms with Gasteiger partial charge in [-0.15, -0.1) is 0 Å². The number of carbonyl (C=O) groups is 4. The van der Waals surface area contributed by atoms with Crippen molar-refractivity contribution in [1.82, 2.24) is 0 Å². The molecule has 0 spiro atoms. The lowest BCUT2D eigenvalue weighted by Crippen LogP contribution is -2.30. The Labute approximate surface area is 599 Å². The monoisotopic (exact) mass is 1430 g/mol. The van der Waals surface area contributed by atoms with Crippen molar-refractivity contribution in [3.8, 4) is 0 Å². The SMILES string of the molecule is CCCCCC/C=C\C=C/CCCCCCCC(=O)OC[C@H](COP(=O)(O)OCC(O)COP(=O)(O)OC[C@@H](COC(=O)CCCCCCCCC(C)C)OC(=O)CCCCCCCCCCCCCCCCCCC(C)C)OC(=O)CCCCCCCCCCCCCCC(C)C. The molecule has 0 rings (SSSR count). The summed E-state index contributed by atoms with van der Waals surface area (Å²) in [7, 11) is -9.93. The van der Waals surface area contributed by atoms with E-state index in [1.54, 1.807) is 0 Å². The van der Waals surface area contributed by atoms with Gasteiger partial charge in [0.15, 0.2) is 12.2 Å². The van der Waals surface area contributed by atoms with Gasteiger partial charge in [-0.2, -0.15) is 0 Å². The molecule has 0 aromatic carbocycles. The highest BCUT2D eigenvalue weighted by molar-refractivity contribution is 7.47. The van der Waals surface area contributed by atoms with Crippen molar-refractivity contribution in [2.45, 2.75) is 401 Å². The first-order valence-corrected chi connectivity index (χ1v) is 43.2. The average molecular weight is 1430 g/mol. The highest BCUT2D eigenvalue weighted by atomic mass is 31.2. The highest BCUT2D eigenvalue weighted by Crippen LogP contribution is 2.45. The highest BCUT2D eigenvalue weighted by Gasteiger charge is 2.30. The van der Waals surface area contributed by atoms with Crippen molar-refractivity contribution >= 4 is 39.5 Å². The summed E-state index contributed by atoms with van der Waals surface area (Å²) in [5.74, 6) is 0.114. The van der Waals surface area contributed by atoms with Crippen LogP contribution in [-0.2, 0) is 65.4 Å². The Bertz CT molecular complexity index is 2000. The van der Waals surface area contributed by atoms with Gasteiger partial charge in [-0.3, -0.25) is 37.3 Å². The molecule has 3 N–H and O–H groups in total. The number of esters is 4. The van der Waals surface area contributed by atoms with Crippen LogP contribution in [-0.4, -0.2) is 96.7 Å². The number of hydrogen-bond acceptors (Lipinski definition) is 15. The van der Waals surface area contributed by atoms with Crippen molar-refractivity contribution in [3.05, 3.63) is 24.3 Å². The van der Waals surface area contributed by atoms with Gasteiger partial charge in [0.1, 0.15) is 19.3 Å². The predicted molar refractivity (Wildman–Crippen MR) is 400 cm³/mol. The number of allylic oxidation sites excluding steroid dienone is 4. The van der Waals surface area contributed by atoms with E-state index in [4.69, 9.17) is 37.0 Å². The Hall–Kier alpha value is -2.46. The van der Waals surface area contributed by atoms with Gasteiger partial charge in [0, 0.05) is 25.7 Å². The second kappa shape index (κ2) is 68.9. The van der Waals surface area contributed by atoms with E-state index in [2.05, 4.69) is 72.8 Å². The zero-order chi connectivity index (χ0) is 72.3. The first-order chi connectivity index (χ1) is 47.2. The standard InChI is InChI=1S/C79H150O17P2/c1-8-9-10-11-12-13-14-15-18-22-28-33-38-46-53-60-76(81)89-66-74(95-78(83)63-56-49-40-35-30-25-24-27-32-37-44-51-58-71(4)5)68-93-97(85,86)91-64-73(80)65-92-98(87,88)94-69-75(67-90-77(82)61-54-47-42-41-45-52-59-72(6)7)96-79(84)62-55-48-39-34-29-23-20-17-16-19-21-26-31-36-43-50-57-70(2)3/h13-15,18,70-75,80H,8-12,16-17,19-69H2,1-7H3,(H,85,86)(H,87,88)/b14-13-,18-15-/t73?,74-,75-/m1/s1. The van der Waals surface area contributed by atoms with Gasteiger partial charge in [-0.25, -0.2) is 9.13 Å². The van der Waals surface area contributed by atoms with Gasteiger partial charge in [-0.05, 0) is 69.1 Å². The summed E-state index contributed by atoms with van der Waals surface area (Å²) in [4.78, 5) is 72.9. The van der Waals surface area contributed by atoms with Gasteiger partial charge in [0.25, 0.3) is 0 Å². The molecule has 17 nitrogen and oxygen atoms in total. The van der Waals surface area contributed by atoms with Gasteiger partial charge >= 0.3 is 39.5 Å². The van der Waals surface area contributed by atoms with E-state index in [1.807, 2.05) is 0 Å². The van der Waals surface area contributed by atoms with Crippen LogP contribution in [0.3, 0.4) is 0 Å². The molecular formula is C79H150O17P2. The molecule has 0 saturated heterocycles. The van der Waals surface area contributed by atoms with Gasteiger partial charge in [-0.1, -0.05) is 330 Å². The molecule has 0 heterocycles. The fourth-order valence-corrected chi connectivity index (χ4v) is 13.2. The number of phosphoric acid groups is 2. The Kier molecular flexibility index (Phi) is 67.2. The molecule has 0 aliphatic carbocycles. The van der Waals surface area contributed by atoms with Crippen LogP contribution in [0.2, 0.25) is 0 Å². The molecule has 3 unspecified atom stereocenters. The summed E-state index contributed by atoms with van der Waals surface area (Å²) in [5, 5.41) is 10.6. The third kappa shape index (κ3) is 71.9. The topological polar surface area (TPSA) is 237 Å². The number of rotatable bonds is 75. The molecule has 98 heavy (non-hydrogen) atoms. The van der Waals surface area contributed by atoms with E-state index in [0.29, 0.717) is 31.6 Å². The molecule has 0 saturated carbocycles. The summed E-state index contributed by atoms with van der Waals surface area (Å²) >= 11 is 0. The summed E-state index contributed by atoms with van der Waals surface area (Å²) in [5.41, 5.74) is 0. The third-order valence-electron chi connectivity index (χ3n) is 17.8. The maximum absolute atomic E-state index is 13.1. The average Bonchev–Trinajstić information content (AvgIpc) is 0.941. The smallest absolute Gasteiger partial charge is 0.462 e. The van der Waals surface area contributed by atoms with Crippen LogP contribution >= 0.6 is 15.6 Å². The number of carbonyl (C=O) groups excluding carboxylic acids is 4. The number of aliphatic hydroxyl groups is 1. The number of aliphatic hydroxyl groups excluding tert-OH is 1. The lowest BCUT2D eigenvalue weighted by atomic mass is 10.0. The lowest BCUT2D eigenvalue weighted by molar-refractivity contribution is -0.161. The van der Waals surface area contributed by atoms with E-state index in [1.165, 1.54) is 167 Å². The summed E-state index contributed by atoms with van der Waals surface area (Å²) in [6.45, 7) is 11.8. The first-order valence-electron chi connectivity index (χ1n) is 40.2. The Morgan fingerprint density at radius 1 is 0.316 bits per heavy atom. The molecule has 0 amide bonds. The van der Waals surface area contributed by atoms with E-state index in [0.717, 1.165) is 127 Å². The molecule has 5 atom stereocenters. The molecule has 0 fully saturated rings. The van der Waals surface area contributed by atoms with Gasteiger partial charge in [0.05, 0.1) is 26.4 Å². The van der Waals surface area contributed by atoms with Crippen molar-refractivity contribution in [1.29, 1.82) is 0 Å². The zero-order valence-corrected chi connectivity index (χ0v) is 65.5. The quantitative estimate of drug-likeness (QED) is 0.0169. The minimum atomic E-state index is -4.97. The second-order valence-corrected chi connectivity index (χ2v) is 32.1. The van der Waals surface area contributed by atoms with Gasteiger partial charge < -0.3 is 33.8 Å². The first kappa shape index (κ1) is 95.5. The third-order valence-corrected chi connectivity index (χ3v) is 19.7. The number of unbranched alkanes of at least 4 members (excludes halogenated alkanes) is 40. The molecule has 0 aromatic heterocycles. The molecule has 0 radical (unpaired) electrons. The fourth-order valence-electron chi connectivity index (χ4n) is 11.6. The Balaban J connectivity index is 5.25. The van der Waals surface area contributed by atoms with Crippen LogP contribution in [0.15, 0.2) is 24.3 Å². The molecule has 0 bridgehead atoms. The van der Waals surface area contributed by atoms with E-state index in [-0.39, 0.29) is 25.7 Å². The molecular weight excluding hydrogens is 1280 g/mol. The Morgan fingerprint density at radius 2 is 0.551 bits per heavy atom. The molecule has 0 aliphatic heterocycles. The molecule has 0 aliphatic rings. The van der Waals surface area contributed by atoms with E-state index >= 15 is 0 Å². The van der Waals surface area contributed by atoms with E-state index < -0.39 is 97.5 Å². The maximum Gasteiger partial charge on any atom is 0.472 e. The van der Waals surface area contributed by atoms with E-state index in [9.17, 15) is 43.2 Å². The number of hydrogen-bond donors (Lipinski definition) is 3. The van der Waals surface area contributed by atoms with Crippen molar-refractivity contribution in [3.63, 3.8) is 0 Å². The van der Waals surface area contributed by atoms with Crippen LogP contribution in [0.1, 0.15) is 382 Å². The van der Waals surface area contributed by atoms with Crippen molar-refractivity contribution < 1.29 is 80.2 Å². The van der Waals surface area contributed by atoms with Crippen LogP contribution in [0.4, 0.5) is 0 Å². The lowest BCUT2D eigenvalue weighted by Gasteiger charge is -2.21.